The number of carboxylic acids is 1. The number of rotatable bonds is 6. The lowest BCUT2D eigenvalue weighted by atomic mass is 10.2. The van der Waals surface area contributed by atoms with Crippen LogP contribution in [0.2, 0.25) is 0 Å². The van der Waals surface area contributed by atoms with Gasteiger partial charge in [-0.05, 0) is 30.7 Å². The third-order valence-corrected chi connectivity index (χ3v) is 3.74. The van der Waals surface area contributed by atoms with Crippen molar-refractivity contribution in [3.8, 4) is 0 Å². The summed E-state index contributed by atoms with van der Waals surface area (Å²) in [4.78, 5) is 28.9. The van der Waals surface area contributed by atoms with E-state index >= 15 is 0 Å². The van der Waals surface area contributed by atoms with E-state index < -0.39 is 5.97 Å². The summed E-state index contributed by atoms with van der Waals surface area (Å²) in [7, 11) is 1.65. The number of aliphatic carboxylic acids is 1. The quantitative estimate of drug-likeness (QED) is 0.458. The van der Waals surface area contributed by atoms with Gasteiger partial charge in [0, 0.05) is 25.8 Å². The minimum atomic E-state index is -1.04. The van der Waals surface area contributed by atoms with Gasteiger partial charge >= 0.3 is 5.97 Å². The lowest BCUT2D eigenvalue weighted by Crippen LogP contribution is -2.29. The van der Waals surface area contributed by atoms with Gasteiger partial charge in [0.05, 0.1) is 30.1 Å². The predicted molar refractivity (Wildman–Crippen MR) is 89.8 cm³/mol. The van der Waals surface area contributed by atoms with Gasteiger partial charge in [-0.15, -0.1) is 0 Å². The number of nitrogens with zero attached hydrogens (tertiary/aromatic N) is 3. The molecule has 3 N–H and O–H groups in total. The predicted octanol–water partition coefficient (Wildman–Crippen LogP) is 1.04. The number of carbonyl (C=O) groups excluding carboxylic acids is 1. The Labute approximate surface area is 139 Å². The summed E-state index contributed by atoms with van der Waals surface area (Å²) in [5.41, 5.74) is 1.31. The van der Waals surface area contributed by atoms with E-state index in [1.807, 2.05) is 0 Å². The first kappa shape index (κ1) is 17.6. The Morgan fingerprint density at radius 3 is 2.67 bits per heavy atom. The molecule has 8 heteroatoms. The van der Waals surface area contributed by atoms with Gasteiger partial charge in [0.25, 0.3) is 5.91 Å². The standard InChI is InChI=1S/C16H20N4O4/c1-24-14-6-7-20(10-14)16(23)11-2-4-12(5-3-11)18-9-13(19-17)8-15(21)22/h2-5,9,14H,6-8,10,17H2,1H3,(H,21,22)/t14-/m0/s1. The number of amides is 1. The number of hydrazone groups is 1. The summed E-state index contributed by atoms with van der Waals surface area (Å²) >= 11 is 0. The van der Waals surface area contributed by atoms with E-state index in [9.17, 15) is 9.59 Å². The van der Waals surface area contributed by atoms with E-state index in [-0.39, 0.29) is 24.1 Å². The van der Waals surface area contributed by atoms with Gasteiger partial charge in [-0.2, -0.15) is 5.10 Å². The summed E-state index contributed by atoms with van der Waals surface area (Å²) < 4.78 is 5.26. The van der Waals surface area contributed by atoms with Crippen molar-refractivity contribution in [1.82, 2.24) is 4.90 Å². The van der Waals surface area contributed by atoms with Gasteiger partial charge in [-0.25, -0.2) is 0 Å². The molecule has 1 heterocycles. The Hall–Kier alpha value is -2.74. The molecular formula is C16H20N4O4. The molecule has 1 aromatic carbocycles. The summed E-state index contributed by atoms with van der Waals surface area (Å²) in [5, 5.41) is 12.1. The van der Waals surface area contributed by atoms with Gasteiger partial charge in [-0.1, -0.05) is 0 Å². The second-order valence-electron chi connectivity index (χ2n) is 5.39. The van der Waals surface area contributed by atoms with E-state index in [2.05, 4.69) is 10.1 Å². The third kappa shape index (κ3) is 4.63. The van der Waals surface area contributed by atoms with Crippen molar-refractivity contribution in [1.29, 1.82) is 0 Å². The van der Waals surface area contributed by atoms with Crippen LogP contribution in [0.15, 0.2) is 34.4 Å². The average Bonchev–Trinajstić information content (AvgIpc) is 3.07. The Balaban J connectivity index is 2.00. The minimum Gasteiger partial charge on any atom is -0.481 e. The third-order valence-electron chi connectivity index (χ3n) is 3.74. The molecule has 0 unspecified atom stereocenters. The van der Waals surface area contributed by atoms with Crippen molar-refractivity contribution < 1.29 is 19.4 Å². The Bertz CT molecular complexity index is 655. The zero-order valence-electron chi connectivity index (χ0n) is 13.4. The molecule has 128 valence electrons. The van der Waals surface area contributed by atoms with E-state index in [0.717, 1.165) is 6.42 Å². The van der Waals surface area contributed by atoms with E-state index in [4.69, 9.17) is 15.7 Å². The average molecular weight is 332 g/mol. The molecule has 1 saturated heterocycles. The zero-order chi connectivity index (χ0) is 17.5. The van der Waals surface area contributed by atoms with Gasteiger partial charge in [0.2, 0.25) is 0 Å². The molecule has 1 atom stereocenters. The second kappa shape index (κ2) is 8.21. The van der Waals surface area contributed by atoms with Crippen molar-refractivity contribution >= 4 is 29.5 Å². The van der Waals surface area contributed by atoms with Gasteiger partial charge in [0.15, 0.2) is 0 Å². The van der Waals surface area contributed by atoms with Crippen molar-refractivity contribution in [3.63, 3.8) is 0 Å². The van der Waals surface area contributed by atoms with Crippen molar-refractivity contribution in [2.45, 2.75) is 18.9 Å². The van der Waals surface area contributed by atoms with E-state index in [1.165, 1.54) is 6.21 Å². The molecule has 2 rings (SSSR count). The van der Waals surface area contributed by atoms with Crippen LogP contribution in [0.5, 0.6) is 0 Å². The smallest absolute Gasteiger partial charge is 0.309 e. The molecule has 1 aliphatic heterocycles. The molecule has 1 aliphatic rings. The molecule has 1 amide bonds. The fraction of sp³-hybridized carbons (Fsp3) is 0.375. The zero-order valence-corrected chi connectivity index (χ0v) is 13.4. The van der Waals surface area contributed by atoms with Crippen LogP contribution < -0.4 is 5.84 Å². The number of carbonyl (C=O) groups is 2. The molecule has 8 nitrogen and oxygen atoms in total. The second-order valence-corrected chi connectivity index (χ2v) is 5.39. The number of carboxylic acid groups (broad SMARTS) is 1. The molecule has 0 saturated carbocycles. The first-order valence-corrected chi connectivity index (χ1v) is 7.48. The monoisotopic (exact) mass is 332 g/mol. The maximum atomic E-state index is 12.4. The SMILES string of the molecule is CO[C@H]1CCN(C(=O)c2ccc(N=CC(CC(=O)O)=NN)cc2)C1. The Morgan fingerprint density at radius 1 is 1.42 bits per heavy atom. The number of nitrogens with two attached hydrogens (primary N) is 1. The van der Waals surface area contributed by atoms with Crippen molar-refractivity contribution in [3.05, 3.63) is 29.8 Å². The first-order chi connectivity index (χ1) is 11.5. The summed E-state index contributed by atoms with van der Waals surface area (Å²) in [6, 6.07) is 6.74. The van der Waals surface area contributed by atoms with Crippen LogP contribution in [0.4, 0.5) is 5.69 Å². The van der Waals surface area contributed by atoms with Crippen LogP contribution in [-0.2, 0) is 9.53 Å². The van der Waals surface area contributed by atoms with Crippen molar-refractivity contribution in [2.75, 3.05) is 20.2 Å². The topological polar surface area (TPSA) is 118 Å². The normalized spacial score (nSPS) is 18.3. The van der Waals surface area contributed by atoms with Crippen molar-refractivity contribution in [2.24, 2.45) is 15.9 Å². The highest BCUT2D eigenvalue weighted by molar-refractivity contribution is 6.34. The van der Waals surface area contributed by atoms with Gasteiger partial charge in [-0.3, -0.25) is 14.6 Å². The van der Waals surface area contributed by atoms with Gasteiger partial charge < -0.3 is 20.6 Å². The number of benzene rings is 1. The lowest BCUT2D eigenvalue weighted by molar-refractivity contribution is -0.135. The number of likely N-dealkylation sites (tertiary alicyclic amines) is 1. The number of hydrogen-bond donors (Lipinski definition) is 2. The molecule has 0 bridgehead atoms. The molecule has 1 aromatic rings. The Kier molecular flexibility index (Phi) is 6.02. The summed E-state index contributed by atoms with van der Waals surface area (Å²) in [6.07, 6.45) is 1.94. The number of aliphatic imine (C=N–C) groups is 1. The van der Waals surface area contributed by atoms with Gasteiger partial charge in [0.1, 0.15) is 0 Å². The first-order valence-electron chi connectivity index (χ1n) is 7.48. The van der Waals surface area contributed by atoms with Crippen LogP contribution in [0.1, 0.15) is 23.2 Å². The molecule has 24 heavy (non-hydrogen) atoms. The van der Waals surface area contributed by atoms with Crippen LogP contribution in [-0.4, -0.2) is 60.1 Å². The molecular weight excluding hydrogens is 312 g/mol. The largest absolute Gasteiger partial charge is 0.481 e. The fourth-order valence-corrected chi connectivity index (χ4v) is 2.41. The highest BCUT2D eigenvalue weighted by Gasteiger charge is 2.26. The fourth-order valence-electron chi connectivity index (χ4n) is 2.41. The minimum absolute atomic E-state index is 0.0415. The summed E-state index contributed by atoms with van der Waals surface area (Å²) in [6.45, 7) is 1.28. The number of ether oxygens (including phenoxy) is 1. The highest BCUT2D eigenvalue weighted by Crippen LogP contribution is 2.18. The maximum absolute atomic E-state index is 12.4. The van der Waals surface area contributed by atoms with E-state index in [1.54, 1.807) is 36.3 Å². The summed E-state index contributed by atoms with van der Waals surface area (Å²) in [5.74, 6) is 4.04. The highest BCUT2D eigenvalue weighted by atomic mass is 16.5. The Morgan fingerprint density at radius 2 is 2.12 bits per heavy atom. The number of methoxy groups -OCH3 is 1. The lowest BCUT2D eigenvalue weighted by Gasteiger charge is -2.16. The maximum Gasteiger partial charge on any atom is 0.309 e. The van der Waals surface area contributed by atoms with Crippen LogP contribution in [0.25, 0.3) is 0 Å². The molecule has 0 spiro atoms. The molecule has 0 aromatic heterocycles. The van der Waals surface area contributed by atoms with Crippen LogP contribution in [0.3, 0.4) is 0 Å². The molecule has 1 fully saturated rings. The number of hydrogen-bond acceptors (Lipinski definition) is 6. The molecule has 0 radical (unpaired) electrons. The van der Waals surface area contributed by atoms with Crippen LogP contribution >= 0.6 is 0 Å². The van der Waals surface area contributed by atoms with E-state index in [0.29, 0.717) is 24.3 Å². The molecule has 0 aliphatic carbocycles. The van der Waals surface area contributed by atoms with Crippen LogP contribution in [0, 0.1) is 0 Å².